The highest BCUT2D eigenvalue weighted by Gasteiger charge is 2.21. The third-order valence-corrected chi connectivity index (χ3v) is 11.2. The predicted molar refractivity (Wildman–Crippen MR) is 237 cm³/mol. The van der Waals surface area contributed by atoms with E-state index < -0.39 is 0 Å². The molecule has 0 aliphatic heterocycles. The second kappa shape index (κ2) is 13.2. The van der Waals surface area contributed by atoms with Gasteiger partial charge in [0.05, 0.1) is 5.69 Å². The maximum absolute atomic E-state index is 6.70. The van der Waals surface area contributed by atoms with Crippen LogP contribution in [0.1, 0.15) is 0 Å². The normalized spacial score (nSPS) is 11.6. The summed E-state index contributed by atoms with van der Waals surface area (Å²) < 4.78 is 6.70. The molecule has 262 valence electrons. The minimum absolute atomic E-state index is 0.893. The quantitative estimate of drug-likeness (QED) is 0.160. The molecule has 0 spiro atoms. The Bertz CT molecular complexity index is 3230. The fraction of sp³-hybridized carbons (Fsp3) is 0. The highest BCUT2D eigenvalue weighted by Crippen LogP contribution is 2.45. The first-order chi connectivity index (χ1) is 27.8. The molecule has 0 N–H and O–H groups in total. The number of para-hydroxylation sites is 1. The average Bonchev–Trinajstić information content (AvgIpc) is 3.66. The third kappa shape index (κ3) is 5.34. The summed E-state index contributed by atoms with van der Waals surface area (Å²) in [5.74, 6) is 0. The van der Waals surface area contributed by atoms with Crippen molar-refractivity contribution in [2.75, 3.05) is 4.90 Å². The highest BCUT2D eigenvalue weighted by molar-refractivity contribution is 6.19. The molecule has 0 aliphatic rings. The van der Waals surface area contributed by atoms with Crippen LogP contribution in [0.2, 0.25) is 0 Å². The Labute approximate surface area is 325 Å². The largest absolute Gasteiger partial charge is 0.455 e. The number of furan rings is 1. The van der Waals surface area contributed by atoms with Gasteiger partial charge in [0.2, 0.25) is 0 Å². The number of fused-ring (bicyclic) bond motifs is 8. The third-order valence-electron chi connectivity index (χ3n) is 11.2. The molecule has 0 atom stereocenters. The molecular formula is C54H35NO. The molecule has 0 unspecified atom stereocenters. The van der Waals surface area contributed by atoms with Crippen molar-refractivity contribution >= 4 is 71.3 Å². The van der Waals surface area contributed by atoms with Crippen molar-refractivity contribution in [2.24, 2.45) is 0 Å². The van der Waals surface area contributed by atoms with Gasteiger partial charge in [-0.2, -0.15) is 0 Å². The van der Waals surface area contributed by atoms with Crippen molar-refractivity contribution in [1.82, 2.24) is 0 Å². The summed E-state index contributed by atoms with van der Waals surface area (Å²) in [7, 11) is 0. The summed E-state index contributed by atoms with van der Waals surface area (Å²) in [6.45, 7) is 0. The van der Waals surface area contributed by atoms with E-state index in [9.17, 15) is 0 Å². The second-order valence-electron chi connectivity index (χ2n) is 14.5. The standard InChI is InChI=1S/C54H35NO/c1-2-12-36(13-3-1)37-24-26-38(27-25-37)39-28-31-43(32-29-39)55(51-22-11-15-40-30-33-49-48-21-8-9-23-52(48)56-54(49)53(40)51)44-17-10-16-41(34-44)50-35-42-14-4-5-18-45(42)46-19-6-7-20-47(46)50/h1-35H. The van der Waals surface area contributed by atoms with E-state index in [0.717, 1.165) is 49.8 Å². The molecule has 56 heavy (non-hydrogen) atoms. The van der Waals surface area contributed by atoms with Gasteiger partial charge in [0.1, 0.15) is 11.2 Å². The molecule has 0 fully saturated rings. The summed E-state index contributed by atoms with van der Waals surface area (Å²) in [5.41, 5.74) is 12.2. The Morgan fingerprint density at radius 1 is 0.321 bits per heavy atom. The molecule has 0 saturated heterocycles. The molecule has 2 heteroatoms. The Morgan fingerprint density at radius 2 is 0.911 bits per heavy atom. The number of benzene rings is 10. The van der Waals surface area contributed by atoms with Crippen molar-refractivity contribution in [3.8, 4) is 33.4 Å². The van der Waals surface area contributed by atoms with Crippen LogP contribution in [0.3, 0.4) is 0 Å². The van der Waals surface area contributed by atoms with Gasteiger partial charge in [-0.25, -0.2) is 0 Å². The number of hydrogen-bond donors (Lipinski definition) is 0. The maximum atomic E-state index is 6.70. The summed E-state index contributed by atoms with van der Waals surface area (Å²) in [5, 5.41) is 9.46. The van der Waals surface area contributed by atoms with E-state index in [0.29, 0.717) is 0 Å². The van der Waals surface area contributed by atoms with Crippen LogP contribution in [0, 0.1) is 0 Å². The molecule has 1 heterocycles. The molecule has 2 nitrogen and oxygen atoms in total. The molecule has 11 aromatic rings. The van der Waals surface area contributed by atoms with Gasteiger partial charge >= 0.3 is 0 Å². The number of rotatable bonds is 6. The van der Waals surface area contributed by atoms with Crippen LogP contribution in [0.4, 0.5) is 17.1 Å². The number of nitrogens with zero attached hydrogens (tertiary/aromatic N) is 1. The topological polar surface area (TPSA) is 16.4 Å². The van der Waals surface area contributed by atoms with E-state index in [1.165, 1.54) is 54.9 Å². The second-order valence-corrected chi connectivity index (χ2v) is 14.5. The Morgan fingerprint density at radius 3 is 1.70 bits per heavy atom. The summed E-state index contributed by atoms with van der Waals surface area (Å²) >= 11 is 0. The molecule has 10 aromatic carbocycles. The van der Waals surface area contributed by atoms with Crippen LogP contribution in [-0.2, 0) is 0 Å². The van der Waals surface area contributed by atoms with Gasteiger partial charge < -0.3 is 9.32 Å². The van der Waals surface area contributed by atoms with Gasteiger partial charge in [0.25, 0.3) is 0 Å². The lowest BCUT2D eigenvalue weighted by Crippen LogP contribution is -2.10. The van der Waals surface area contributed by atoms with E-state index in [4.69, 9.17) is 4.42 Å². The zero-order valence-corrected chi connectivity index (χ0v) is 30.6. The fourth-order valence-electron chi connectivity index (χ4n) is 8.54. The first kappa shape index (κ1) is 32.0. The zero-order valence-electron chi connectivity index (χ0n) is 30.6. The molecule has 1 aromatic heterocycles. The number of anilines is 3. The van der Waals surface area contributed by atoms with E-state index in [2.05, 4.69) is 211 Å². The maximum Gasteiger partial charge on any atom is 0.145 e. The highest BCUT2D eigenvalue weighted by atomic mass is 16.3. The molecule has 11 rings (SSSR count). The monoisotopic (exact) mass is 713 g/mol. The van der Waals surface area contributed by atoms with E-state index in [-0.39, 0.29) is 0 Å². The lowest BCUT2D eigenvalue weighted by atomic mass is 9.93. The Hall–Kier alpha value is -7.42. The van der Waals surface area contributed by atoms with E-state index >= 15 is 0 Å². The first-order valence-electron chi connectivity index (χ1n) is 19.2. The summed E-state index contributed by atoms with van der Waals surface area (Å²) in [6, 6.07) is 76.5. The summed E-state index contributed by atoms with van der Waals surface area (Å²) in [6.07, 6.45) is 0. The van der Waals surface area contributed by atoms with Crippen molar-refractivity contribution in [2.45, 2.75) is 0 Å². The minimum Gasteiger partial charge on any atom is -0.455 e. The van der Waals surface area contributed by atoms with Gasteiger partial charge in [0.15, 0.2) is 0 Å². The van der Waals surface area contributed by atoms with Crippen LogP contribution in [0.15, 0.2) is 217 Å². The molecular weight excluding hydrogens is 679 g/mol. The Kier molecular flexibility index (Phi) is 7.53. The molecule has 0 aliphatic carbocycles. The molecule has 0 saturated carbocycles. The Balaban J connectivity index is 1.10. The zero-order chi connectivity index (χ0) is 37.0. The SMILES string of the molecule is c1ccc(-c2ccc(-c3ccc(N(c4cccc(-c5cc6ccccc6c6ccccc56)c4)c4cccc5ccc6c7ccccc7oc6c45)cc3)cc2)cc1. The molecule has 0 amide bonds. The predicted octanol–water partition coefficient (Wildman–Crippen LogP) is 15.5. The van der Waals surface area contributed by atoms with E-state index in [1.54, 1.807) is 0 Å². The van der Waals surface area contributed by atoms with Crippen LogP contribution < -0.4 is 4.90 Å². The fourth-order valence-corrected chi connectivity index (χ4v) is 8.54. The average molecular weight is 714 g/mol. The van der Waals surface area contributed by atoms with Gasteiger partial charge in [-0.1, -0.05) is 164 Å². The lowest BCUT2D eigenvalue weighted by Gasteiger charge is -2.27. The van der Waals surface area contributed by atoms with Crippen molar-refractivity contribution in [3.05, 3.63) is 212 Å². The van der Waals surface area contributed by atoms with Gasteiger partial charge in [-0.15, -0.1) is 0 Å². The lowest BCUT2D eigenvalue weighted by molar-refractivity contribution is 0.672. The molecule has 0 bridgehead atoms. The van der Waals surface area contributed by atoms with Crippen LogP contribution in [-0.4, -0.2) is 0 Å². The molecule has 0 radical (unpaired) electrons. The van der Waals surface area contributed by atoms with Crippen molar-refractivity contribution in [3.63, 3.8) is 0 Å². The number of hydrogen-bond acceptors (Lipinski definition) is 2. The van der Waals surface area contributed by atoms with E-state index in [1.807, 2.05) is 6.07 Å². The van der Waals surface area contributed by atoms with Gasteiger partial charge in [0, 0.05) is 27.5 Å². The van der Waals surface area contributed by atoms with Gasteiger partial charge in [-0.05, 0) is 109 Å². The van der Waals surface area contributed by atoms with Crippen LogP contribution >= 0.6 is 0 Å². The van der Waals surface area contributed by atoms with Crippen LogP contribution in [0.5, 0.6) is 0 Å². The van der Waals surface area contributed by atoms with Crippen molar-refractivity contribution < 1.29 is 4.42 Å². The van der Waals surface area contributed by atoms with Crippen LogP contribution in [0.25, 0.3) is 87.6 Å². The summed E-state index contributed by atoms with van der Waals surface area (Å²) in [4.78, 5) is 2.39. The first-order valence-corrected chi connectivity index (χ1v) is 19.2. The van der Waals surface area contributed by atoms with Crippen molar-refractivity contribution in [1.29, 1.82) is 0 Å². The van der Waals surface area contributed by atoms with Gasteiger partial charge in [-0.3, -0.25) is 0 Å². The minimum atomic E-state index is 0.893. The smallest absolute Gasteiger partial charge is 0.145 e.